The molecule has 28 heavy (non-hydrogen) atoms. The van der Waals surface area contributed by atoms with Crippen molar-refractivity contribution in [2.45, 2.75) is 25.8 Å². The molecule has 0 bridgehead atoms. The molecule has 3 heterocycles. The number of imidazole rings is 1. The van der Waals surface area contributed by atoms with Crippen molar-refractivity contribution < 1.29 is 19.0 Å². The molecule has 2 aromatic rings. The summed E-state index contributed by atoms with van der Waals surface area (Å²) in [6.45, 7) is 3.45. The molecule has 2 aliphatic rings. The van der Waals surface area contributed by atoms with Gasteiger partial charge in [0, 0.05) is 19.1 Å². The molecule has 1 amide bonds. The summed E-state index contributed by atoms with van der Waals surface area (Å²) in [4.78, 5) is 22.7. The van der Waals surface area contributed by atoms with Crippen LogP contribution in [-0.2, 0) is 4.74 Å². The first-order valence-corrected chi connectivity index (χ1v) is 9.33. The average Bonchev–Trinajstić information content (AvgIpc) is 3.21. The van der Waals surface area contributed by atoms with Crippen LogP contribution in [0.1, 0.15) is 25.6 Å². The highest BCUT2D eigenvalue weighted by atomic mass is 19.1. The first-order chi connectivity index (χ1) is 13.5. The van der Waals surface area contributed by atoms with Crippen molar-refractivity contribution in [1.82, 2.24) is 19.8 Å². The van der Waals surface area contributed by atoms with E-state index in [0.29, 0.717) is 55.0 Å². The molecular formula is C19H22FN5O3. The molecule has 0 saturated carbocycles. The maximum Gasteiger partial charge on any atom is 0.409 e. The lowest BCUT2D eigenvalue weighted by Gasteiger charge is -2.37. The largest absolute Gasteiger partial charge is 0.510 e. The second kappa shape index (κ2) is 7.14. The van der Waals surface area contributed by atoms with Crippen LogP contribution in [0.2, 0.25) is 0 Å². The highest BCUT2D eigenvalue weighted by Gasteiger charge is 2.36. The predicted octanol–water partition coefficient (Wildman–Crippen LogP) is 2.88. The van der Waals surface area contributed by atoms with Gasteiger partial charge in [-0.1, -0.05) is 0 Å². The van der Waals surface area contributed by atoms with E-state index in [9.17, 15) is 14.3 Å². The van der Waals surface area contributed by atoms with Crippen molar-refractivity contribution in [3.63, 3.8) is 0 Å². The topological polar surface area (TPSA) is 106 Å². The molecular weight excluding hydrogens is 365 g/mol. The van der Waals surface area contributed by atoms with Gasteiger partial charge in [0.05, 0.1) is 29.8 Å². The zero-order valence-electron chi connectivity index (χ0n) is 15.5. The summed E-state index contributed by atoms with van der Waals surface area (Å²) in [7, 11) is 0. The first kappa shape index (κ1) is 18.3. The molecule has 0 aliphatic carbocycles. The summed E-state index contributed by atoms with van der Waals surface area (Å²) in [5.41, 5.74) is 1.43. The fraction of sp³-hybridized carbons (Fsp3) is 0.421. The fourth-order valence-electron chi connectivity index (χ4n) is 3.84. The van der Waals surface area contributed by atoms with E-state index in [1.54, 1.807) is 17.9 Å². The average molecular weight is 387 g/mol. The smallest absolute Gasteiger partial charge is 0.409 e. The highest BCUT2D eigenvalue weighted by Crippen LogP contribution is 2.31. The van der Waals surface area contributed by atoms with Gasteiger partial charge in [-0.25, -0.2) is 14.2 Å². The van der Waals surface area contributed by atoms with Gasteiger partial charge >= 0.3 is 6.09 Å². The van der Waals surface area contributed by atoms with Gasteiger partial charge in [-0.2, -0.15) is 0 Å². The summed E-state index contributed by atoms with van der Waals surface area (Å²) in [5.74, 6) is 0.232. The van der Waals surface area contributed by atoms with Crippen LogP contribution in [0.3, 0.4) is 0 Å². The van der Waals surface area contributed by atoms with E-state index in [1.165, 1.54) is 12.1 Å². The van der Waals surface area contributed by atoms with E-state index in [4.69, 9.17) is 10.1 Å². The Morgan fingerprint density at radius 1 is 1.43 bits per heavy atom. The molecule has 1 saturated heterocycles. The summed E-state index contributed by atoms with van der Waals surface area (Å²) in [6.07, 6.45) is 1.06. The van der Waals surface area contributed by atoms with Gasteiger partial charge in [-0.05, 0) is 38.0 Å². The Kier molecular flexibility index (Phi) is 4.66. The van der Waals surface area contributed by atoms with E-state index in [1.807, 2.05) is 4.90 Å². The Bertz CT molecular complexity index is 962. The number of rotatable bonds is 3. The number of benzene rings is 1. The SMILES string of the molecule is CCOC(=O)N1CCC(N2CC(O)=C(c3nc4ccc(F)cc4[nH]3)C2=N)CC1. The Labute approximate surface area is 161 Å². The van der Waals surface area contributed by atoms with E-state index in [-0.39, 0.29) is 36.1 Å². The summed E-state index contributed by atoms with van der Waals surface area (Å²) in [5, 5.41) is 19.0. The molecule has 1 aromatic carbocycles. The number of hydrogen-bond donors (Lipinski definition) is 3. The molecule has 1 fully saturated rings. The molecule has 4 rings (SSSR count). The van der Waals surface area contributed by atoms with Gasteiger partial charge in [0.1, 0.15) is 23.2 Å². The number of amidine groups is 1. The number of piperidine rings is 1. The number of amides is 1. The minimum atomic E-state index is -0.377. The van der Waals surface area contributed by atoms with Gasteiger partial charge in [0.15, 0.2) is 0 Å². The molecule has 8 nitrogen and oxygen atoms in total. The van der Waals surface area contributed by atoms with Crippen LogP contribution >= 0.6 is 0 Å². The highest BCUT2D eigenvalue weighted by molar-refractivity contribution is 6.23. The maximum atomic E-state index is 13.4. The number of aliphatic hydroxyl groups excluding tert-OH is 1. The lowest BCUT2D eigenvalue weighted by atomic mass is 10.0. The molecule has 9 heteroatoms. The zero-order valence-corrected chi connectivity index (χ0v) is 15.5. The fourth-order valence-corrected chi connectivity index (χ4v) is 3.84. The van der Waals surface area contributed by atoms with E-state index in [2.05, 4.69) is 9.97 Å². The van der Waals surface area contributed by atoms with Gasteiger partial charge in [0.25, 0.3) is 0 Å². The maximum absolute atomic E-state index is 13.4. The molecule has 1 aromatic heterocycles. The van der Waals surface area contributed by atoms with Crippen molar-refractivity contribution in [2.24, 2.45) is 0 Å². The van der Waals surface area contributed by atoms with Gasteiger partial charge < -0.3 is 24.6 Å². The Morgan fingerprint density at radius 2 is 2.18 bits per heavy atom. The van der Waals surface area contributed by atoms with Crippen molar-refractivity contribution in [2.75, 3.05) is 26.2 Å². The van der Waals surface area contributed by atoms with Crippen LogP contribution in [0, 0.1) is 11.2 Å². The Balaban J connectivity index is 1.48. The standard InChI is InChI=1S/C19H22FN5O3/c1-2-28-19(27)24-7-5-12(6-8-24)25-10-15(26)16(17(25)21)18-22-13-4-3-11(20)9-14(13)23-18/h3-4,9,12,21,26H,2,5-8,10H2,1H3,(H,22,23). The number of carbonyl (C=O) groups is 1. The molecule has 0 radical (unpaired) electrons. The van der Waals surface area contributed by atoms with Crippen LogP contribution in [0.4, 0.5) is 9.18 Å². The predicted molar refractivity (Wildman–Crippen MR) is 102 cm³/mol. The molecule has 148 valence electrons. The number of aromatic nitrogens is 2. The number of aliphatic hydroxyl groups is 1. The number of aromatic amines is 1. The van der Waals surface area contributed by atoms with Crippen molar-refractivity contribution in [3.05, 3.63) is 35.6 Å². The van der Waals surface area contributed by atoms with Crippen LogP contribution in [0.25, 0.3) is 16.6 Å². The number of halogens is 1. The number of likely N-dealkylation sites (tertiary alicyclic amines) is 1. The summed E-state index contributed by atoms with van der Waals surface area (Å²) < 4.78 is 18.5. The molecule has 2 aliphatic heterocycles. The van der Waals surface area contributed by atoms with Crippen LogP contribution < -0.4 is 0 Å². The monoisotopic (exact) mass is 387 g/mol. The van der Waals surface area contributed by atoms with Crippen molar-refractivity contribution in [1.29, 1.82) is 5.41 Å². The number of ether oxygens (including phenoxy) is 1. The number of nitrogens with zero attached hydrogens (tertiary/aromatic N) is 3. The number of carbonyl (C=O) groups excluding carboxylic acids is 1. The molecule has 3 N–H and O–H groups in total. The lowest BCUT2D eigenvalue weighted by Crippen LogP contribution is -2.47. The third kappa shape index (κ3) is 3.17. The van der Waals surface area contributed by atoms with Gasteiger partial charge in [0.2, 0.25) is 0 Å². The molecule has 0 spiro atoms. The van der Waals surface area contributed by atoms with Gasteiger partial charge in [-0.3, -0.25) is 5.41 Å². The quantitative estimate of drug-likeness (QED) is 0.751. The van der Waals surface area contributed by atoms with Crippen LogP contribution in [-0.4, -0.2) is 69.1 Å². The Hall–Kier alpha value is -3.10. The van der Waals surface area contributed by atoms with Crippen molar-refractivity contribution >= 4 is 28.5 Å². The van der Waals surface area contributed by atoms with Gasteiger partial charge in [-0.15, -0.1) is 0 Å². The number of fused-ring (bicyclic) bond motifs is 1. The van der Waals surface area contributed by atoms with E-state index >= 15 is 0 Å². The second-order valence-corrected chi connectivity index (χ2v) is 6.96. The number of hydrogen-bond acceptors (Lipinski definition) is 5. The normalized spacial score (nSPS) is 18.4. The minimum Gasteiger partial charge on any atom is -0.510 e. The van der Waals surface area contributed by atoms with Crippen LogP contribution in [0.15, 0.2) is 24.0 Å². The number of nitrogens with one attached hydrogen (secondary N) is 2. The van der Waals surface area contributed by atoms with E-state index < -0.39 is 0 Å². The third-order valence-corrected chi connectivity index (χ3v) is 5.24. The van der Waals surface area contributed by atoms with Crippen LogP contribution in [0.5, 0.6) is 0 Å². The zero-order chi connectivity index (χ0) is 19.8. The summed E-state index contributed by atoms with van der Waals surface area (Å²) in [6, 6.07) is 4.26. The van der Waals surface area contributed by atoms with E-state index in [0.717, 1.165) is 0 Å². The number of H-pyrrole nitrogens is 1. The minimum absolute atomic E-state index is 0.0413. The molecule has 0 unspecified atom stereocenters. The molecule has 0 atom stereocenters. The summed E-state index contributed by atoms with van der Waals surface area (Å²) >= 11 is 0. The third-order valence-electron chi connectivity index (χ3n) is 5.24. The second-order valence-electron chi connectivity index (χ2n) is 6.96. The Morgan fingerprint density at radius 3 is 2.89 bits per heavy atom. The van der Waals surface area contributed by atoms with Crippen molar-refractivity contribution in [3.8, 4) is 0 Å². The first-order valence-electron chi connectivity index (χ1n) is 9.33. The lowest BCUT2D eigenvalue weighted by molar-refractivity contribution is 0.0876.